The van der Waals surface area contributed by atoms with Crippen molar-refractivity contribution in [3.8, 4) is 0 Å². The maximum Gasteiger partial charge on any atom is 0.115 e. The Morgan fingerprint density at radius 3 is 2.88 bits per heavy atom. The van der Waals surface area contributed by atoms with Crippen LogP contribution in [0, 0.1) is 5.92 Å². The van der Waals surface area contributed by atoms with Crippen molar-refractivity contribution < 1.29 is 5.11 Å². The van der Waals surface area contributed by atoms with Crippen LogP contribution in [0.3, 0.4) is 0 Å². The first-order chi connectivity index (χ1) is 8.33. The number of nitrogens with one attached hydrogen (secondary N) is 1. The molecule has 7 nitrogen and oxygen atoms in total. The van der Waals surface area contributed by atoms with Crippen LogP contribution in [0.25, 0.3) is 10.4 Å². The number of aromatic nitrogens is 3. The Bertz CT molecular complexity index is 405. The van der Waals surface area contributed by atoms with Crippen molar-refractivity contribution in [3.05, 3.63) is 21.8 Å². The third-order valence-corrected chi connectivity index (χ3v) is 3.31. The summed E-state index contributed by atoms with van der Waals surface area (Å²) in [5, 5.41) is 24.1. The summed E-state index contributed by atoms with van der Waals surface area (Å²) in [5.74, 6) is 0.249. The van der Waals surface area contributed by atoms with E-state index in [-0.39, 0.29) is 12.5 Å². The lowest BCUT2D eigenvalue weighted by molar-refractivity contribution is 0.0803. The maximum absolute atomic E-state index is 10.3. The van der Waals surface area contributed by atoms with Gasteiger partial charge in [-0.1, -0.05) is 24.4 Å². The van der Waals surface area contributed by atoms with E-state index < -0.39 is 6.10 Å². The van der Waals surface area contributed by atoms with Gasteiger partial charge in [-0.15, -0.1) is 0 Å². The SMILES string of the molecule is [N-]=[N+]=NCc1n[nH]nc1C(O)C1CCCCC1. The third kappa shape index (κ3) is 2.75. The number of H-pyrrole nitrogens is 1. The summed E-state index contributed by atoms with van der Waals surface area (Å²) < 4.78 is 0. The second-order valence-corrected chi connectivity index (χ2v) is 4.39. The summed E-state index contributed by atoms with van der Waals surface area (Å²) in [6.45, 7) is 0.131. The first kappa shape index (κ1) is 11.9. The van der Waals surface area contributed by atoms with Crippen molar-refractivity contribution in [1.82, 2.24) is 15.4 Å². The van der Waals surface area contributed by atoms with Crippen LogP contribution in [0.4, 0.5) is 0 Å². The fourth-order valence-corrected chi connectivity index (χ4v) is 2.39. The van der Waals surface area contributed by atoms with Crippen molar-refractivity contribution in [1.29, 1.82) is 0 Å². The monoisotopic (exact) mass is 236 g/mol. The van der Waals surface area contributed by atoms with Gasteiger partial charge in [-0.25, -0.2) is 0 Å². The van der Waals surface area contributed by atoms with E-state index >= 15 is 0 Å². The molecule has 1 unspecified atom stereocenters. The lowest BCUT2D eigenvalue weighted by Gasteiger charge is -2.25. The maximum atomic E-state index is 10.3. The quantitative estimate of drug-likeness (QED) is 0.475. The summed E-state index contributed by atoms with van der Waals surface area (Å²) in [7, 11) is 0. The molecule has 1 heterocycles. The molecule has 0 radical (unpaired) electrons. The minimum atomic E-state index is -0.599. The van der Waals surface area contributed by atoms with Crippen LogP contribution in [0.2, 0.25) is 0 Å². The molecule has 1 atom stereocenters. The molecule has 1 aliphatic carbocycles. The number of aliphatic hydroxyl groups is 1. The molecule has 0 aromatic carbocycles. The number of nitrogens with zero attached hydrogens (tertiary/aromatic N) is 5. The molecule has 0 aliphatic heterocycles. The van der Waals surface area contributed by atoms with Crippen LogP contribution < -0.4 is 0 Å². The second kappa shape index (κ2) is 5.65. The highest BCUT2D eigenvalue weighted by molar-refractivity contribution is 5.12. The lowest BCUT2D eigenvalue weighted by atomic mass is 9.84. The van der Waals surface area contributed by atoms with E-state index in [4.69, 9.17) is 5.53 Å². The highest BCUT2D eigenvalue weighted by Gasteiger charge is 2.27. The summed E-state index contributed by atoms with van der Waals surface area (Å²) >= 11 is 0. The van der Waals surface area contributed by atoms with E-state index in [2.05, 4.69) is 25.4 Å². The molecule has 2 rings (SSSR count). The number of hydrogen-bond acceptors (Lipinski definition) is 4. The van der Waals surface area contributed by atoms with Crippen molar-refractivity contribution in [2.45, 2.75) is 44.8 Å². The Hall–Kier alpha value is -1.59. The van der Waals surface area contributed by atoms with E-state index in [1.165, 1.54) is 6.42 Å². The lowest BCUT2D eigenvalue weighted by Crippen LogP contribution is -2.17. The average molecular weight is 236 g/mol. The minimum absolute atomic E-state index is 0.131. The van der Waals surface area contributed by atoms with Gasteiger partial charge in [-0.05, 0) is 24.3 Å². The van der Waals surface area contributed by atoms with Crippen LogP contribution in [-0.2, 0) is 6.54 Å². The zero-order valence-electron chi connectivity index (χ0n) is 9.58. The summed E-state index contributed by atoms with van der Waals surface area (Å²) in [4.78, 5) is 2.69. The van der Waals surface area contributed by atoms with E-state index in [0.717, 1.165) is 25.7 Å². The van der Waals surface area contributed by atoms with E-state index in [0.29, 0.717) is 11.4 Å². The highest BCUT2D eigenvalue weighted by Crippen LogP contribution is 2.34. The zero-order valence-corrected chi connectivity index (χ0v) is 9.58. The standard InChI is InChI=1S/C10H16N6O/c11-15-12-6-8-9(14-16-13-8)10(17)7-4-2-1-3-5-7/h7,10,17H,1-6H2,(H,13,14,16). The molecule has 0 saturated heterocycles. The van der Waals surface area contributed by atoms with Gasteiger partial charge in [0.1, 0.15) is 11.8 Å². The Balaban J connectivity index is 2.09. The topological polar surface area (TPSA) is 111 Å². The van der Waals surface area contributed by atoms with Gasteiger partial charge in [0.15, 0.2) is 0 Å². The van der Waals surface area contributed by atoms with Gasteiger partial charge in [0.05, 0.1) is 12.2 Å². The van der Waals surface area contributed by atoms with Crippen LogP contribution >= 0.6 is 0 Å². The van der Waals surface area contributed by atoms with Crippen LogP contribution in [-0.4, -0.2) is 20.5 Å². The fraction of sp³-hybridized carbons (Fsp3) is 0.800. The zero-order chi connectivity index (χ0) is 12.1. The van der Waals surface area contributed by atoms with Crippen LogP contribution in [0.1, 0.15) is 49.6 Å². The minimum Gasteiger partial charge on any atom is -0.386 e. The predicted octanol–water partition coefficient (Wildman–Crippen LogP) is 2.23. The Morgan fingerprint density at radius 1 is 1.41 bits per heavy atom. The molecule has 7 heteroatoms. The molecule has 17 heavy (non-hydrogen) atoms. The molecule has 92 valence electrons. The summed E-state index contributed by atoms with van der Waals surface area (Å²) in [6.07, 6.45) is 5.01. The third-order valence-electron chi connectivity index (χ3n) is 3.31. The first-order valence-corrected chi connectivity index (χ1v) is 5.91. The average Bonchev–Trinajstić information content (AvgIpc) is 2.84. The first-order valence-electron chi connectivity index (χ1n) is 5.91. The van der Waals surface area contributed by atoms with Gasteiger partial charge in [0.2, 0.25) is 0 Å². The molecule has 1 fully saturated rings. The largest absolute Gasteiger partial charge is 0.386 e. The Kier molecular flexibility index (Phi) is 3.95. The van der Waals surface area contributed by atoms with Crippen molar-refractivity contribution in [2.75, 3.05) is 0 Å². The van der Waals surface area contributed by atoms with Gasteiger partial charge in [0, 0.05) is 4.91 Å². The van der Waals surface area contributed by atoms with Crippen molar-refractivity contribution in [3.63, 3.8) is 0 Å². The molecule has 1 saturated carbocycles. The van der Waals surface area contributed by atoms with E-state index in [9.17, 15) is 5.11 Å². The van der Waals surface area contributed by atoms with Crippen molar-refractivity contribution in [2.24, 2.45) is 11.0 Å². The molecule has 1 aliphatic rings. The van der Waals surface area contributed by atoms with Gasteiger partial charge in [-0.2, -0.15) is 15.4 Å². The normalized spacial score (nSPS) is 18.6. The number of rotatable bonds is 4. The predicted molar refractivity (Wildman–Crippen MR) is 60.8 cm³/mol. The molecule has 0 bridgehead atoms. The van der Waals surface area contributed by atoms with Gasteiger partial charge >= 0.3 is 0 Å². The van der Waals surface area contributed by atoms with Crippen LogP contribution in [0.15, 0.2) is 5.11 Å². The summed E-state index contributed by atoms with van der Waals surface area (Å²) in [5.41, 5.74) is 9.35. The molecular weight excluding hydrogens is 220 g/mol. The summed E-state index contributed by atoms with van der Waals surface area (Å²) in [6, 6.07) is 0. The molecule has 2 N–H and O–H groups in total. The number of azide groups is 1. The van der Waals surface area contributed by atoms with E-state index in [1.54, 1.807) is 0 Å². The van der Waals surface area contributed by atoms with Crippen LogP contribution in [0.5, 0.6) is 0 Å². The molecule has 0 spiro atoms. The Labute approximate surface area is 98.9 Å². The van der Waals surface area contributed by atoms with Gasteiger partial charge < -0.3 is 5.11 Å². The fourth-order valence-electron chi connectivity index (χ4n) is 2.39. The molecule has 1 aromatic rings. The molecule has 0 amide bonds. The van der Waals surface area contributed by atoms with Gasteiger partial charge in [-0.3, -0.25) is 0 Å². The number of hydrogen-bond donors (Lipinski definition) is 2. The van der Waals surface area contributed by atoms with Gasteiger partial charge in [0.25, 0.3) is 0 Å². The van der Waals surface area contributed by atoms with Crippen molar-refractivity contribution >= 4 is 0 Å². The Morgan fingerprint density at radius 2 is 2.18 bits per heavy atom. The molecule has 1 aromatic heterocycles. The van der Waals surface area contributed by atoms with E-state index in [1.807, 2.05) is 0 Å². The highest BCUT2D eigenvalue weighted by atomic mass is 16.3. The number of aliphatic hydroxyl groups excluding tert-OH is 1. The molecular formula is C10H16N6O. The smallest absolute Gasteiger partial charge is 0.115 e. The second-order valence-electron chi connectivity index (χ2n) is 4.39. The number of aromatic amines is 1.